The van der Waals surface area contributed by atoms with E-state index in [1.807, 2.05) is 11.9 Å². The fourth-order valence-electron chi connectivity index (χ4n) is 3.34. The fourth-order valence-corrected chi connectivity index (χ4v) is 4.21. The molecule has 1 aromatic heterocycles. The number of hydrogen-bond acceptors (Lipinski definition) is 5. The van der Waals surface area contributed by atoms with E-state index in [1.54, 1.807) is 5.38 Å². The van der Waals surface area contributed by atoms with Crippen LogP contribution in [0.4, 0.5) is 5.13 Å². The average Bonchev–Trinajstić information content (AvgIpc) is 2.94. The number of piperidine rings is 2. The van der Waals surface area contributed by atoms with Crippen LogP contribution in [0.25, 0.3) is 0 Å². The molecule has 114 valence electrons. The van der Waals surface area contributed by atoms with E-state index in [9.17, 15) is 9.59 Å². The highest BCUT2D eigenvalue weighted by Gasteiger charge is 2.40. The molecule has 2 saturated heterocycles. The Hall–Kier alpha value is -1.63. The van der Waals surface area contributed by atoms with Crippen LogP contribution in [0.2, 0.25) is 0 Å². The molecule has 6 nitrogen and oxygen atoms in total. The minimum atomic E-state index is -0.474. The Morgan fingerprint density at radius 3 is 2.67 bits per heavy atom. The van der Waals surface area contributed by atoms with Gasteiger partial charge in [-0.15, -0.1) is 11.3 Å². The minimum Gasteiger partial charge on any atom is -0.364 e. The van der Waals surface area contributed by atoms with Gasteiger partial charge in [0.05, 0.1) is 0 Å². The van der Waals surface area contributed by atoms with Crippen LogP contribution in [-0.2, 0) is 4.79 Å². The normalized spacial score (nSPS) is 21.9. The van der Waals surface area contributed by atoms with Gasteiger partial charge >= 0.3 is 0 Å². The predicted molar refractivity (Wildman–Crippen MR) is 81.4 cm³/mol. The van der Waals surface area contributed by atoms with E-state index in [0.29, 0.717) is 12.1 Å². The largest absolute Gasteiger partial charge is 0.364 e. The second-order valence-corrected chi connectivity index (χ2v) is 6.95. The van der Waals surface area contributed by atoms with Crippen molar-refractivity contribution in [1.29, 1.82) is 0 Å². The number of rotatable bonds is 2. The van der Waals surface area contributed by atoms with E-state index in [0.717, 1.165) is 44.0 Å². The van der Waals surface area contributed by atoms with Gasteiger partial charge in [0.15, 0.2) is 5.13 Å². The lowest BCUT2D eigenvalue weighted by atomic mass is 9.72. The number of hydrogen-bond donors (Lipinski definition) is 1. The summed E-state index contributed by atoms with van der Waals surface area (Å²) in [4.78, 5) is 31.1. The number of carbonyl (C=O) groups excluding carboxylic acids is 2. The molecule has 0 atom stereocenters. The number of carbonyl (C=O) groups is 2. The van der Waals surface area contributed by atoms with Crippen LogP contribution in [0.3, 0.4) is 0 Å². The van der Waals surface area contributed by atoms with E-state index >= 15 is 0 Å². The molecule has 3 heterocycles. The standard InChI is InChI=1S/C14H20N4O2S/c1-17-9-14(3-2-11(17)19)4-6-18(7-5-14)13-16-10(8-21-13)12(15)20/h8H,2-7,9H2,1H3,(H2,15,20). The Kier molecular flexibility index (Phi) is 3.61. The Morgan fingerprint density at radius 1 is 1.38 bits per heavy atom. The first kappa shape index (κ1) is 14.3. The first-order valence-corrected chi connectivity index (χ1v) is 8.11. The molecule has 0 bridgehead atoms. The third-order valence-corrected chi connectivity index (χ3v) is 5.61. The molecular formula is C14H20N4O2S. The molecule has 0 unspecified atom stereocenters. The summed E-state index contributed by atoms with van der Waals surface area (Å²) in [6, 6.07) is 0. The number of thiazole rings is 1. The molecule has 2 aliphatic heterocycles. The van der Waals surface area contributed by atoms with Crippen molar-refractivity contribution in [3.8, 4) is 0 Å². The van der Waals surface area contributed by atoms with Crippen LogP contribution in [0.5, 0.6) is 0 Å². The van der Waals surface area contributed by atoms with Crippen molar-refractivity contribution in [3.63, 3.8) is 0 Å². The number of likely N-dealkylation sites (tertiary alicyclic amines) is 1. The Balaban J connectivity index is 1.64. The molecule has 3 rings (SSSR count). The summed E-state index contributed by atoms with van der Waals surface area (Å²) in [6.45, 7) is 2.71. The van der Waals surface area contributed by atoms with E-state index in [-0.39, 0.29) is 11.3 Å². The van der Waals surface area contributed by atoms with Gasteiger partial charge in [-0.3, -0.25) is 9.59 Å². The van der Waals surface area contributed by atoms with Gasteiger partial charge in [0.25, 0.3) is 5.91 Å². The predicted octanol–water partition coefficient (Wildman–Crippen LogP) is 1.08. The maximum Gasteiger partial charge on any atom is 0.268 e. The van der Waals surface area contributed by atoms with E-state index < -0.39 is 5.91 Å². The number of aromatic nitrogens is 1. The number of primary amides is 1. The number of amides is 2. The topological polar surface area (TPSA) is 79.5 Å². The second kappa shape index (κ2) is 5.29. The van der Waals surface area contributed by atoms with Gasteiger partial charge in [0, 0.05) is 38.5 Å². The van der Waals surface area contributed by atoms with Gasteiger partial charge in [-0.2, -0.15) is 0 Å². The van der Waals surface area contributed by atoms with Gasteiger partial charge in [0.2, 0.25) is 5.91 Å². The van der Waals surface area contributed by atoms with Gasteiger partial charge in [-0.1, -0.05) is 0 Å². The van der Waals surface area contributed by atoms with Gasteiger partial charge in [0.1, 0.15) is 5.69 Å². The van der Waals surface area contributed by atoms with Crippen molar-refractivity contribution in [2.24, 2.45) is 11.1 Å². The number of anilines is 1. The lowest BCUT2D eigenvalue weighted by Gasteiger charge is -2.46. The first-order chi connectivity index (χ1) is 9.99. The third-order valence-electron chi connectivity index (χ3n) is 4.71. The van der Waals surface area contributed by atoms with Crippen molar-refractivity contribution < 1.29 is 9.59 Å². The zero-order valence-corrected chi connectivity index (χ0v) is 13.0. The molecule has 0 radical (unpaired) electrons. The quantitative estimate of drug-likeness (QED) is 0.886. The van der Waals surface area contributed by atoms with Crippen LogP contribution in [0.1, 0.15) is 36.2 Å². The molecule has 2 fully saturated rings. The van der Waals surface area contributed by atoms with Crippen molar-refractivity contribution >= 4 is 28.3 Å². The van der Waals surface area contributed by atoms with Crippen LogP contribution in [0, 0.1) is 5.41 Å². The van der Waals surface area contributed by atoms with Crippen molar-refractivity contribution in [3.05, 3.63) is 11.1 Å². The lowest BCUT2D eigenvalue weighted by molar-refractivity contribution is -0.136. The Labute approximate surface area is 127 Å². The zero-order chi connectivity index (χ0) is 15.0. The SMILES string of the molecule is CN1CC2(CCC1=O)CCN(c1nc(C(N)=O)cs1)CC2. The van der Waals surface area contributed by atoms with E-state index in [1.165, 1.54) is 11.3 Å². The van der Waals surface area contributed by atoms with Gasteiger partial charge < -0.3 is 15.5 Å². The average molecular weight is 308 g/mol. The summed E-state index contributed by atoms with van der Waals surface area (Å²) in [5, 5.41) is 2.59. The highest BCUT2D eigenvalue weighted by molar-refractivity contribution is 7.13. The minimum absolute atomic E-state index is 0.258. The smallest absolute Gasteiger partial charge is 0.268 e. The summed E-state index contributed by atoms with van der Waals surface area (Å²) in [5.41, 5.74) is 5.86. The van der Waals surface area contributed by atoms with E-state index in [4.69, 9.17) is 5.73 Å². The summed E-state index contributed by atoms with van der Waals surface area (Å²) < 4.78 is 0. The molecule has 2 amide bonds. The maximum atomic E-state index is 11.6. The fraction of sp³-hybridized carbons (Fsp3) is 0.643. The van der Waals surface area contributed by atoms with Crippen LogP contribution in [0.15, 0.2) is 5.38 Å². The zero-order valence-electron chi connectivity index (χ0n) is 12.2. The maximum absolute atomic E-state index is 11.6. The highest BCUT2D eigenvalue weighted by atomic mass is 32.1. The van der Waals surface area contributed by atoms with Crippen molar-refractivity contribution in [2.45, 2.75) is 25.7 Å². The molecule has 21 heavy (non-hydrogen) atoms. The third kappa shape index (κ3) is 2.74. The monoisotopic (exact) mass is 308 g/mol. The van der Waals surface area contributed by atoms with Crippen LogP contribution < -0.4 is 10.6 Å². The number of nitrogens with two attached hydrogens (primary N) is 1. The molecule has 0 saturated carbocycles. The van der Waals surface area contributed by atoms with Crippen LogP contribution in [-0.4, -0.2) is 48.4 Å². The second-order valence-electron chi connectivity index (χ2n) is 6.12. The summed E-state index contributed by atoms with van der Waals surface area (Å²) in [6.07, 6.45) is 3.79. The molecule has 2 N–H and O–H groups in total. The number of nitrogens with zero attached hydrogens (tertiary/aromatic N) is 3. The van der Waals surface area contributed by atoms with Gasteiger partial charge in [-0.25, -0.2) is 4.98 Å². The van der Waals surface area contributed by atoms with Crippen molar-refractivity contribution in [1.82, 2.24) is 9.88 Å². The van der Waals surface area contributed by atoms with E-state index in [2.05, 4.69) is 9.88 Å². The Bertz CT molecular complexity index is 563. The highest BCUT2D eigenvalue weighted by Crippen LogP contribution is 2.41. The van der Waals surface area contributed by atoms with Crippen LogP contribution >= 0.6 is 11.3 Å². The molecule has 1 spiro atoms. The lowest BCUT2D eigenvalue weighted by Crippen LogP contribution is -2.50. The summed E-state index contributed by atoms with van der Waals surface area (Å²) >= 11 is 1.47. The molecule has 0 aromatic carbocycles. The Morgan fingerprint density at radius 2 is 2.10 bits per heavy atom. The summed E-state index contributed by atoms with van der Waals surface area (Å²) in [7, 11) is 1.90. The summed E-state index contributed by atoms with van der Waals surface area (Å²) in [5.74, 6) is -0.215. The van der Waals surface area contributed by atoms with Crippen molar-refractivity contribution in [2.75, 3.05) is 31.6 Å². The molecule has 0 aliphatic carbocycles. The van der Waals surface area contributed by atoms with Gasteiger partial charge in [-0.05, 0) is 24.7 Å². The first-order valence-electron chi connectivity index (χ1n) is 7.23. The molecule has 7 heteroatoms. The molecule has 1 aromatic rings. The molecular weight excluding hydrogens is 288 g/mol. The molecule has 2 aliphatic rings.